The molecule has 0 spiro atoms. The number of allylic oxidation sites excluding steroid dienone is 4. The summed E-state index contributed by atoms with van der Waals surface area (Å²) < 4.78 is 5.95. The van der Waals surface area contributed by atoms with E-state index >= 15 is 0 Å². The van der Waals surface area contributed by atoms with Crippen LogP contribution in [0.3, 0.4) is 0 Å². The Kier molecular flexibility index (Phi) is 16.7. The van der Waals surface area contributed by atoms with Crippen LogP contribution in [0.2, 0.25) is 0 Å². The van der Waals surface area contributed by atoms with Gasteiger partial charge in [-0.2, -0.15) is 0 Å². The molecule has 31 heavy (non-hydrogen) atoms. The third-order valence-electron chi connectivity index (χ3n) is 4.22. The molecule has 1 fully saturated rings. The molecule has 1 aromatic rings. The first-order valence-electron chi connectivity index (χ1n) is 11.3. The SMILES string of the molecule is C=C/C=C(\C=C/C)NC(=O)Nc1ccc(C)c(OCCN2CCNCC2)c1.CC.CC. The highest BCUT2D eigenvalue weighted by Gasteiger charge is 2.10. The number of urea groups is 1. The van der Waals surface area contributed by atoms with Crippen molar-refractivity contribution in [1.82, 2.24) is 15.5 Å². The lowest BCUT2D eigenvalue weighted by Gasteiger charge is -2.27. The van der Waals surface area contributed by atoms with Crippen molar-refractivity contribution in [2.45, 2.75) is 41.5 Å². The van der Waals surface area contributed by atoms with Crippen LogP contribution < -0.4 is 20.7 Å². The Hall–Kier alpha value is -2.57. The summed E-state index contributed by atoms with van der Waals surface area (Å²) in [6, 6.07) is 5.36. The number of carbonyl (C=O) groups excluding carboxylic acids is 1. The molecule has 0 atom stereocenters. The molecule has 1 aliphatic rings. The van der Waals surface area contributed by atoms with Crippen LogP contribution in [0.1, 0.15) is 40.2 Å². The Balaban J connectivity index is 0.00000212. The molecule has 3 N–H and O–H groups in total. The number of benzene rings is 1. The highest BCUT2D eigenvalue weighted by Crippen LogP contribution is 2.22. The maximum atomic E-state index is 12.2. The molecule has 0 aliphatic carbocycles. The van der Waals surface area contributed by atoms with Crippen molar-refractivity contribution in [3.63, 3.8) is 0 Å². The zero-order valence-corrected chi connectivity index (χ0v) is 20.3. The summed E-state index contributed by atoms with van der Waals surface area (Å²) in [5, 5.41) is 8.97. The summed E-state index contributed by atoms with van der Waals surface area (Å²) in [7, 11) is 0. The molecule has 0 bridgehead atoms. The van der Waals surface area contributed by atoms with Gasteiger partial charge in [-0.25, -0.2) is 4.79 Å². The minimum Gasteiger partial charge on any atom is -0.492 e. The second-order valence-electron chi connectivity index (χ2n) is 6.36. The van der Waals surface area contributed by atoms with Gasteiger partial charge in [-0.05, 0) is 37.6 Å². The van der Waals surface area contributed by atoms with Gasteiger partial charge in [0.25, 0.3) is 0 Å². The molecule has 1 aromatic carbocycles. The molecule has 1 saturated heterocycles. The predicted octanol–water partition coefficient (Wildman–Crippen LogP) is 5.10. The van der Waals surface area contributed by atoms with Crippen LogP contribution in [0.5, 0.6) is 5.75 Å². The highest BCUT2D eigenvalue weighted by atomic mass is 16.5. The lowest BCUT2D eigenvalue weighted by atomic mass is 10.2. The fourth-order valence-electron chi connectivity index (χ4n) is 2.79. The van der Waals surface area contributed by atoms with Gasteiger partial charge in [-0.3, -0.25) is 4.90 Å². The number of carbonyl (C=O) groups is 1. The quantitative estimate of drug-likeness (QED) is 0.502. The number of anilines is 1. The molecule has 0 saturated carbocycles. The third kappa shape index (κ3) is 12.0. The van der Waals surface area contributed by atoms with Gasteiger partial charge in [0, 0.05) is 50.2 Å². The molecule has 1 aliphatic heterocycles. The lowest BCUT2D eigenvalue weighted by Crippen LogP contribution is -2.44. The number of hydrogen-bond acceptors (Lipinski definition) is 4. The number of nitrogens with zero attached hydrogens (tertiary/aromatic N) is 1. The molecule has 174 valence electrons. The van der Waals surface area contributed by atoms with Crippen molar-refractivity contribution in [2.75, 3.05) is 44.6 Å². The standard InChI is InChI=1S/C21H30N4O2.2C2H6/c1-4-6-18(7-5-2)23-21(26)24-19-9-8-17(3)20(16-19)27-15-14-25-12-10-22-11-13-25;2*1-2/h4-9,16,22H,1,10-15H2,2-3H3,(H2,23,24,26);2*1-2H3/b7-5-,18-6+;;. The van der Waals surface area contributed by atoms with Gasteiger partial charge in [0.15, 0.2) is 0 Å². The number of nitrogens with one attached hydrogen (secondary N) is 3. The predicted molar refractivity (Wildman–Crippen MR) is 134 cm³/mol. The number of amides is 2. The van der Waals surface area contributed by atoms with Crippen molar-refractivity contribution in [3.05, 3.63) is 60.3 Å². The number of hydrogen-bond donors (Lipinski definition) is 3. The van der Waals surface area contributed by atoms with Crippen LogP contribution in [0.15, 0.2) is 54.8 Å². The Bertz CT molecular complexity index is 693. The summed E-state index contributed by atoms with van der Waals surface area (Å²) in [5.41, 5.74) is 2.40. The van der Waals surface area contributed by atoms with Crippen LogP contribution in [0.4, 0.5) is 10.5 Å². The van der Waals surface area contributed by atoms with Crippen molar-refractivity contribution in [3.8, 4) is 5.75 Å². The fraction of sp³-hybridized carbons (Fsp3) is 0.480. The van der Waals surface area contributed by atoms with Crippen molar-refractivity contribution in [1.29, 1.82) is 0 Å². The van der Waals surface area contributed by atoms with Gasteiger partial charge in [0.1, 0.15) is 12.4 Å². The molecular formula is C25H42N4O2. The number of rotatable bonds is 8. The van der Waals surface area contributed by atoms with Crippen LogP contribution in [-0.4, -0.2) is 50.3 Å². The molecule has 1 heterocycles. The van der Waals surface area contributed by atoms with E-state index < -0.39 is 0 Å². The summed E-state index contributed by atoms with van der Waals surface area (Å²) in [6.07, 6.45) is 7.03. The van der Waals surface area contributed by atoms with Crippen molar-refractivity contribution in [2.24, 2.45) is 0 Å². The molecule has 2 rings (SSSR count). The zero-order chi connectivity index (χ0) is 23.5. The third-order valence-corrected chi connectivity index (χ3v) is 4.22. The Morgan fingerprint density at radius 2 is 1.90 bits per heavy atom. The van der Waals surface area contributed by atoms with Gasteiger partial charge in [0.2, 0.25) is 0 Å². The van der Waals surface area contributed by atoms with E-state index in [4.69, 9.17) is 4.74 Å². The Morgan fingerprint density at radius 3 is 2.52 bits per heavy atom. The van der Waals surface area contributed by atoms with Gasteiger partial charge in [-0.15, -0.1) is 0 Å². The summed E-state index contributed by atoms with van der Waals surface area (Å²) in [4.78, 5) is 14.6. The van der Waals surface area contributed by atoms with Gasteiger partial charge >= 0.3 is 6.03 Å². The summed E-state index contributed by atoms with van der Waals surface area (Å²) >= 11 is 0. The molecule has 6 heteroatoms. The first-order valence-corrected chi connectivity index (χ1v) is 11.3. The van der Waals surface area contributed by atoms with E-state index in [9.17, 15) is 4.79 Å². The van der Waals surface area contributed by atoms with E-state index in [2.05, 4.69) is 27.4 Å². The maximum absolute atomic E-state index is 12.2. The van der Waals surface area contributed by atoms with Crippen LogP contribution in [0.25, 0.3) is 0 Å². The Labute approximate surface area is 189 Å². The van der Waals surface area contributed by atoms with E-state index in [1.807, 2.05) is 65.8 Å². The highest BCUT2D eigenvalue weighted by molar-refractivity contribution is 5.91. The number of aryl methyl sites for hydroxylation is 1. The average Bonchev–Trinajstić information content (AvgIpc) is 2.80. The van der Waals surface area contributed by atoms with E-state index in [0.717, 1.165) is 44.0 Å². The molecule has 0 unspecified atom stereocenters. The normalized spacial score (nSPS) is 13.9. The Morgan fingerprint density at radius 1 is 1.23 bits per heavy atom. The minimum absolute atomic E-state index is 0.309. The monoisotopic (exact) mass is 430 g/mol. The van der Waals surface area contributed by atoms with Crippen LogP contribution in [0, 0.1) is 6.92 Å². The summed E-state index contributed by atoms with van der Waals surface area (Å²) in [5.74, 6) is 0.790. The average molecular weight is 431 g/mol. The largest absolute Gasteiger partial charge is 0.492 e. The van der Waals surface area contributed by atoms with E-state index in [0.29, 0.717) is 18.0 Å². The molecule has 0 aromatic heterocycles. The van der Waals surface area contributed by atoms with Gasteiger partial charge in [-0.1, -0.05) is 52.5 Å². The van der Waals surface area contributed by atoms with Crippen LogP contribution >= 0.6 is 0 Å². The van der Waals surface area contributed by atoms with E-state index in [1.54, 1.807) is 18.2 Å². The summed E-state index contributed by atoms with van der Waals surface area (Å²) in [6.45, 7) is 21.2. The van der Waals surface area contributed by atoms with E-state index in [1.165, 1.54) is 0 Å². The van der Waals surface area contributed by atoms with Gasteiger partial charge < -0.3 is 20.7 Å². The minimum atomic E-state index is -0.309. The van der Waals surface area contributed by atoms with E-state index in [-0.39, 0.29) is 6.03 Å². The molecule has 0 radical (unpaired) electrons. The second-order valence-corrected chi connectivity index (χ2v) is 6.36. The first kappa shape index (κ1) is 28.4. The lowest BCUT2D eigenvalue weighted by molar-refractivity contribution is 0.191. The number of piperazine rings is 1. The molecular weight excluding hydrogens is 388 g/mol. The van der Waals surface area contributed by atoms with Crippen molar-refractivity contribution >= 4 is 11.7 Å². The maximum Gasteiger partial charge on any atom is 0.323 e. The molecule has 6 nitrogen and oxygen atoms in total. The van der Waals surface area contributed by atoms with Crippen LogP contribution in [-0.2, 0) is 0 Å². The van der Waals surface area contributed by atoms with Crippen molar-refractivity contribution < 1.29 is 9.53 Å². The van der Waals surface area contributed by atoms with Gasteiger partial charge in [0.05, 0.1) is 0 Å². The first-order chi connectivity index (χ1) is 15.1. The zero-order valence-electron chi connectivity index (χ0n) is 20.3. The fourth-order valence-corrected chi connectivity index (χ4v) is 2.79. The molecule has 2 amide bonds. The second kappa shape index (κ2) is 18.2. The number of ether oxygens (including phenoxy) is 1. The smallest absolute Gasteiger partial charge is 0.323 e. The topological polar surface area (TPSA) is 65.6 Å².